The molecule has 1 aromatic heterocycles. The van der Waals surface area contributed by atoms with E-state index in [1.165, 1.54) is 12.1 Å². The summed E-state index contributed by atoms with van der Waals surface area (Å²) in [4.78, 5) is 16.7. The minimum absolute atomic E-state index is 0.0715. The van der Waals surface area contributed by atoms with E-state index in [1.807, 2.05) is 18.2 Å². The molecule has 4 heteroatoms. The largest absolute Gasteiger partial charge is 0.352 e. The zero-order valence-electron chi connectivity index (χ0n) is 10.9. The van der Waals surface area contributed by atoms with Gasteiger partial charge in [0.05, 0.1) is 5.69 Å². The summed E-state index contributed by atoms with van der Waals surface area (Å²) in [5.41, 5.74) is 1.43. The van der Waals surface area contributed by atoms with Gasteiger partial charge in [0.2, 0.25) is 5.91 Å². The van der Waals surface area contributed by atoms with Gasteiger partial charge in [-0.1, -0.05) is 18.2 Å². The molecule has 3 nitrogen and oxygen atoms in total. The number of carbonyl (C=O) groups excluding carboxylic acids is 1. The monoisotopic (exact) mass is 270 g/mol. The van der Waals surface area contributed by atoms with Crippen LogP contribution in [-0.4, -0.2) is 16.9 Å². The Morgan fingerprint density at radius 3 is 2.55 bits per heavy atom. The van der Waals surface area contributed by atoms with E-state index in [0.29, 0.717) is 5.69 Å². The fourth-order valence-corrected chi connectivity index (χ4v) is 2.17. The van der Waals surface area contributed by atoms with Crippen molar-refractivity contribution in [2.24, 2.45) is 0 Å². The fraction of sp³-hybridized carbons (Fsp3) is 0.250. The minimum Gasteiger partial charge on any atom is -0.352 e. The van der Waals surface area contributed by atoms with Crippen LogP contribution in [0.25, 0.3) is 0 Å². The Labute approximate surface area is 116 Å². The molecule has 0 bridgehead atoms. The third kappa shape index (κ3) is 2.85. The van der Waals surface area contributed by atoms with Crippen LogP contribution in [0.4, 0.5) is 4.39 Å². The molecule has 1 amide bonds. The maximum atomic E-state index is 13.1. The van der Waals surface area contributed by atoms with E-state index < -0.39 is 5.92 Å². The fourth-order valence-electron chi connectivity index (χ4n) is 2.17. The van der Waals surface area contributed by atoms with Crippen LogP contribution in [0.1, 0.15) is 30.0 Å². The maximum Gasteiger partial charge on any atom is 0.233 e. The van der Waals surface area contributed by atoms with Gasteiger partial charge in [0.15, 0.2) is 0 Å². The van der Waals surface area contributed by atoms with Gasteiger partial charge in [0, 0.05) is 12.2 Å². The van der Waals surface area contributed by atoms with E-state index in [4.69, 9.17) is 0 Å². The average molecular weight is 270 g/mol. The van der Waals surface area contributed by atoms with Gasteiger partial charge < -0.3 is 5.32 Å². The average Bonchev–Trinajstić information content (AvgIpc) is 3.26. The third-order valence-corrected chi connectivity index (χ3v) is 3.37. The second-order valence-corrected chi connectivity index (χ2v) is 5.02. The van der Waals surface area contributed by atoms with E-state index in [-0.39, 0.29) is 17.8 Å². The zero-order chi connectivity index (χ0) is 13.9. The number of aromatic nitrogens is 1. The summed E-state index contributed by atoms with van der Waals surface area (Å²) in [6, 6.07) is 11.8. The number of halogens is 1. The van der Waals surface area contributed by atoms with Crippen molar-refractivity contribution >= 4 is 5.91 Å². The second-order valence-electron chi connectivity index (χ2n) is 5.02. The van der Waals surface area contributed by atoms with E-state index in [2.05, 4.69) is 10.3 Å². The first-order valence-corrected chi connectivity index (χ1v) is 6.71. The molecule has 2 aromatic rings. The highest BCUT2D eigenvalue weighted by atomic mass is 19.1. The molecule has 0 spiro atoms. The summed E-state index contributed by atoms with van der Waals surface area (Å²) in [6.07, 6.45) is 3.73. The quantitative estimate of drug-likeness (QED) is 0.928. The Kier molecular flexibility index (Phi) is 3.46. The van der Waals surface area contributed by atoms with E-state index >= 15 is 0 Å². The van der Waals surface area contributed by atoms with Gasteiger partial charge in [0.1, 0.15) is 11.7 Å². The van der Waals surface area contributed by atoms with Gasteiger partial charge in [-0.15, -0.1) is 0 Å². The number of benzene rings is 1. The van der Waals surface area contributed by atoms with Crippen LogP contribution < -0.4 is 5.32 Å². The Balaban J connectivity index is 1.93. The number of hydrogen-bond acceptors (Lipinski definition) is 2. The van der Waals surface area contributed by atoms with Gasteiger partial charge in [-0.3, -0.25) is 9.78 Å². The number of nitrogens with zero attached hydrogens (tertiary/aromatic N) is 1. The smallest absolute Gasteiger partial charge is 0.233 e. The van der Waals surface area contributed by atoms with Crippen molar-refractivity contribution in [2.45, 2.75) is 24.8 Å². The second kappa shape index (κ2) is 5.41. The molecular formula is C16H15FN2O. The lowest BCUT2D eigenvalue weighted by molar-refractivity contribution is -0.121. The molecule has 1 fully saturated rings. The first-order valence-electron chi connectivity index (χ1n) is 6.71. The summed E-state index contributed by atoms with van der Waals surface area (Å²) >= 11 is 0. The topological polar surface area (TPSA) is 42.0 Å². The molecule has 1 aliphatic rings. The highest BCUT2D eigenvalue weighted by Gasteiger charge is 2.30. The number of pyridine rings is 1. The molecule has 1 heterocycles. The van der Waals surface area contributed by atoms with Crippen LogP contribution in [0.2, 0.25) is 0 Å². The number of amides is 1. The predicted octanol–water partition coefficient (Wildman–Crippen LogP) is 2.63. The maximum absolute atomic E-state index is 13.1. The van der Waals surface area contributed by atoms with Crippen molar-refractivity contribution in [3.8, 4) is 0 Å². The lowest BCUT2D eigenvalue weighted by atomic mass is 9.94. The lowest BCUT2D eigenvalue weighted by Gasteiger charge is -2.16. The predicted molar refractivity (Wildman–Crippen MR) is 73.6 cm³/mol. The first kappa shape index (κ1) is 12.8. The molecule has 1 N–H and O–H groups in total. The van der Waals surface area contributed by atoms with Gasteiger partial charge in [-0.05, 0) is 42.7 Å². The van der Waals surface area contributed by atoms with Crippen molar-refractivity contribution in [1.82, 2.24) is 10.3 Å². The normalized spacial score (nSPS) is 15.7. The van der Waals surface area contributed by atoms with Crippen molar-refractivity contribution in [1.29, 1.82) is 0 Å². The van der Waals surface area contributed by atoms with Crippen LogP contribution in [0.15, 0.2) is 48.7 Å². The minimum atomic E-state index is -0.489. The highest BCUT2D eigenvalue weighted by molar-refractivity contribution is 5.87. The van der Waals surface area contributed by atoms with Crippen molar-refractivity contribution in [3.05, 3.63) is 65.7 Å². The molecule has 1 aliphatic carbocycles. The molecule has 0 radical (unpaired) electrons. The summed E-state index contributed by atoms with van der Waals surface area (Å²) < 4.78 is 13.1. The van der Waals surface area contributed by atoms with Crippen LogP contribution in [-0.2, 0) is 4.79 Å². The first-order chi connectivity index (χ1) is 9.74. The van der Waals surface area contributed by atoms with Gasteiger partial charge in [-0.2, -0.15) is 0 Å². The van der Waals surface area contributed by atoms with Gasteiger partial charge in [0.25, 0.3) is 0 Å². The van der Waals surface area contributed by atoms with Crippen LogP contribution in [0, 0.1) is 5.82 Å². The highest BCUT2D eigenvalue weighted by Crippen LogP contribution is 2.26. The molecule has 1 saturated carbocycles. The Morgan fingerprint density at radius 1 is 1.20 bits per heavy atom. The zero-order valence-corrected chi connectivity index (χ0v) is 10.9. The molecule has 1 atom stereocenters. The Bertz CT molecular complexity index is 594. The Hall–Kier alpha value is -2.23. The molecule has 0 aliphatic heterocycles. The molecule has 0 saturated heterocycles. The standard InChI is InChI=1S/C16H15FN2O/c17-12-6-4-11(5-7-12)15(14-3-1-2-10-18-14)16(20)19-13-8-9-13/h1-7,10,13,15H,8-9H2,(H,19,20). The van der Waals surface area contributed by atoms with E-state index in [9.17, 15) is 9.18 Å². The number of carbonyl (C=O) groups is 1. The lowest BCUT2D eigenvalue weighted by Crippen LogP contribution is -2.32. The van der Waals surface area contributed by atoms with E-state index in [0.717, 1.165) is 18.4 Å². The number of hydrogen-bond donors (Lipinski definition) is 1. The van der Waals surface area contributed by atoms with Gasteiger partial charge in [-0.25, -0.2) is 4.39 Å². The van der Waals surface area contributed by atoms with Crippen molar-refractivity contribution < 1.29 is 9.18 Å². The molecule has 1 aromatic carbocycles. The number of rotatable bonds is 4. The molecule has 20 heavy (non-hydrogen) atoms. The van der Waals surface area contributed by atoms with Crippen LogP contribution in [0.5, 0.6) is 0 Å². The summed E-state index contributed by atoms with van der Waals surface area (Å²) in [7, 11) is 0. The Morgan fingerprint density at radius 2 is 1.95 bits per heavy atom. The van der Waals surface area contributed by atoms with Crippen LogP contribution in [0.3, 0.4) is 0 Å². The molecule has 3 rings (SSSR count). The van der Waals surface area contributed by atoms with E-state index in [1.54, 1.807) is 18.3 Å². The SMILES string of the molecule is O=C(NC1CC1)C(c1ccc(F)cc1)c1ccccn1. The summed E-state index contributed by atoms with van der Waals surface area (Å²) in [5.74, 6) is -0.869. The molecular weight excluding hydrogens is 255 g/mol. The number of nitrogens with one attached hydrogen (secondary N) is 1. The molecule has 102 valence electrons. The summed E-state index contributed by atoms with van der Waals surface area (Å²) in [6.45, 7) is 0. The third-order valence-electron chi connectivity index (χ3n) is 3.37. The van der Waals surface area contributed by atoms with Crippen molar-refractivity contribution in [2.75, 3.05) is 0 Å². The van der Waals surface area contributed by atoms with Gasteiger partial charge >= 0.3 is 0 Å². The summed E-state index contributed by atoms with van der Waals surface area (Å²) in [5, 5.41) is 2.99. The van der Waals surface area contributed by atoms with Crippen LogP contribution >= 0.6 is 0 Å². The van der Waals surface area contributed by atoms with Crippen molar-refractivity contribution in [3.63, 3.8) is 0 Å². The molecule has 1 unspecified atom stereocenters.